The van der Waals surface area contributed by atoms with Gasteiger partial charge in [0.2, 0.25) is 0 Å². The summed E-state index contributed by atoms with van der Waals surface area (Å²) in [4.78, 5) is 0. The fourth-order valence-corrected chi connectivity index (χ4v) is 2.11. The van der Waals surface area contributed by atoms with Gasteiger partial charge in [-0.1, -0.05) is 19.9 Å². The highest BCUT2D eigenvalue weighted by atomic mass is 14.6. The predicted molar refractivity (Wildman–Crippen MR) is 59.2 cm³/mol. The third-order valence-corrected chi connectivity index (χ3v) is 2.67. The largest absolute Gasteiger partial charge is 0.398 e. The van der Waals surface area contributed by atoms with Crippen LogP contribution in [0.25, 0.3) is 0 Å². The summed E-state index contributed by atoms with van der Waals surface area (Å²) in [6, 6.07) is 2.18. The van der Waals surface area contributed by atoms with Crippen LogP contribution in [-0.2, 0) is 0 Å². The molecule has 0 aliphatic heterocycles. The van der Waals surface area contributed by atoms with Crippen LogP contribution in [0.15, 0.2) is 6.07 Å². The van der Waals surface area contributed by atoms with Gasteiger partial charge in [0.25, 0.3) is 0 Å². The summed E-state index contributed by atoms with van der Waals surface area (Å²) in [5.41, 5.74) is 12.2. The van der Waals surface area contributed by atoms with Crippen molar-refractivity contribution in [2.45, 2.75) is 40.5 Å². The number of rotatable bonds is 1. The molecule has 0 aromatic heterocycles. The first-order chi connectivity index (χ1) is 5.95. The maximum atomic E-state index is 5.99. The van der Waals surface area contributed by atoms with Crippen molar-refractivity contribution in [3.05, 3.63) is 28.3 Å². The maximum absolute atomic E-state index is 5.99. The van der Waals surface area contributed by atoms with Crippen LogP contribution in [0.1, 0.15) is 42.0 Å². The second-order valence-electron chi connectivity index (χ2n) is 4.12. The van der Waals surface area contributed by atoms with E-state index in [2.05, 4.69) is 40.7 Å². The van der Waals surface area contributed by atoms with Crippen LogP contribution < -0.4 is 5.73 Å². The fraction of sp³-hybridized carbons (Fsp3) is 0.500. The van der Waals surface area contributed by atoms with Crippen molar-refractivity contribution in [1.29, 1.82) is 0 Å². The van der Waals surface area contributed by atoms with Crippen LogP contribution in [0.4, 0.5) is 5.69 Å². The molecule has 0 aliphatic rings. The Kier molecular flexibility index (Phi) is 2.65. The lowest BCUT2D eigenvalue weighted by molar-refractivity contribution is 0.846. The third-order valence-electron chi connectivity index (χ3n) is 2.67. The van der Waals surface area contributed by atoms with Crippen molar-refractivity contribution >= 4 is 5.69 Å². The summed E-state index contributed by atoms with van der Waals surface area (Å²) < 4.78 is 0. The quantitative estimate of drug-likeness (QED) is 0.654. The monoisotopic (exact) mass is 177 g/mol. The molecule has 1 aromatic carbocycles. The molecule has 2 N–H and O–H groups in total. The van der Waals surface area contributed by atoms with Crippen molar-refractivity contribution in [3.8, 4) is 0 Å². The molecule has 72 valence electrons. The van der Waals surface area contributed by atoms with E-state index in [1.807, 2.05) is 0 Å². The zero-order valence-electron chi connectivity index (χ0n) is 9.23. The molecule has 0 saturated carbocycles. The van der Waals surface area contributed by atoms with E-state index < -0.39 is 0 Å². The van der Waals surface area contributed by atoms with Crippen LogP contribution in [0.5, 0.6) is 0 Å². The summed E-state index contributed by atoms with van der Waals surface area (Å²) in [6.45, 7) is 10.8. The molecule has 1 heteroatoms. The second kappa shape index (κ2) is 3.41. The van der Waals surface area contributed by atoms with Gasteiger partial charge in [-0.15, -0.1) is 0 Å². The Balaban J connectivity index is 3.44. The minimum Gasteiger partial charge on any atom is -0.398 e. The summed E-state index contributed by atoms with van der Waals surface area (Å²) in [7, 11) is 0. The SMILES string of the molecule is Cc1cc(C)c(C(C)C)c(C)c1N. The lowest BCUT2D eigenvalue weighted by Gasteiger charge is -2.17. The Labute approximate surface area is 81.0 Å². The van der Waals surface area contributed by atoms with Gasteiger partial charge < -0.3 is 5.73 Å². The molecule has 1 aromatic rings. The van der Waals surface area contributed by atoms with E-state index in [0.717, 1.165) is 5.69 Å². The van der Waals surface area contributed by atoms with E-state index >= 15 is 0 Å². The number of nitrogens with two attached hydrogens (primary N) is 1. The normalized spacial score (nSPS) is 10.9. The molecular formula is C12H19N. The number of nitrogen functional groups attached to an aromatic ring is 1. The average molecular weight is 177 g/mol. The van der Waals surface area contributed by atoms with Gasteiger partial charge in [0.15, 0.2) is 0 Å². The Hall–Kier alpha value is -0.980. The van der Waals surface area contributed by atoms with E-state index in [9.17, 15) is 0 Å². The smallest absolute Gasteiger partial charge is 0.0376 e. The first kappa shape index (κ1) is 10.1. The summed E-state index contributed by atoms with van der Waals surface area (Å²) in [5.74, 6) is 0.558. The highest BCUT2D eigenvalue weighted by Crippen LogP contribution is 2.29. The molecule has 0 heterocycles. The Morgan fingerprint density at radius 3 is 2.08 bits per heavy atom. The molecule has 13 heavy (non-hydrogen) atoms. The van der Waals surface area contributed by atoms with Crippen molar-refractivity contribution in [3.63, 3.8) is 0 Å². The van der Waals surface area contributed by atoms with Crippen molar-refractivity contribution in [2.75, 3.05) is 5.73 Å². The van der Waals surface area contributed by atoms with Gasteiger partial charge in [0.05, 0.1) is 0 Å². The molecule has 0 spiro atoms. The molecule has 1 nitrogen and oxygen atoms in total. The van der Waals surface area contributed by atoms with E-state index in [1.165, 1.54) is 22.3 Å². The summed E-state index contributed by atoms with van der Waals surface area (Å²) in [6.07, 6.45) is 0. The zero-order chi connectivity index (χ0) is 10.2. The lowest BCUT2D eigenvalue weighted by Crippen LogP contribution is -2.02. The molecule has 0 aliphatic carbocycles. The van der Waals surface area contributed by atoms with E-state index in [4.69, 9.17) is 5.73 Å². The Morgan fingerprint density at radius 1 is 1.08 bits per heavy atom. The lowest BCUT2D eigenvalue weighted by atomic mass is 9.90. The summed E-state index contributed by atoms with van der Waals surface area (Å²) in [5, 5.41) is 0. The van der Waals surface area contributed by atoms with Crippen LogP contribution in [0.3, 0.4) is 0 Å². The number of hydrogen-bond donors (Lipinski definition) is 1. The first-order valence-electron chi connectivity index (χ1n) is 4.81. The Bertz CT molecular complexity index is 324. The molecule has 0 radical (unpaired) electrons. The zero-order valence-corrected chi connectivity index (χ0v) is 9.23. The highest BCUT2D eigenvalue weighted by molar-refractivity contribution is 5.59. The van der Waals surface area contributed by atoms with Gasteiger partial charge in [-0.25, -0.2) is 0 Å². The van der Waals surface area contributed by atoms with E-state index in [-0.39, 0.29) is 0 Å². The second-order valence-corrected chi connectivity index (χ2v) is 4.12. The van der Waals surface area contributed by atoms with Crippen LogP contribution in [0.2, 0.25) is 0 Å². The van der Waals surface area contributed by atoms with Gasteiger partial charge in [0.1, 0.15) is 0 Å². The molecule has 1 rings (SSSR count). The van der Waals surface area contributed by atoms with Crippen molar-refractivity contribution in [2.24, 2.45) is 0 Å². The number of aryl methyl sites for hydroxylation is 2. The van der Waals surface area contributed by atoms with E-state index in [1.54, 1.807) is 0 Å². The highest BCUT2D eigenvalue weighted by Gasteiger charge is 2.10. The standard InChI is InChI=1S/C12H19N/c1-7(2)11-8(3)6-9(4)12(13)10(11)5/h6-7H,13H2,1-5H3. The molecule has 0 saturated heterocycles. The van der Waals surface area contributed by atoms with Crippen molar-refractivity contribution in [1.82, 2.24) is 0 Å². The van der Waals surface area contributed by atoms with Gasteiger partial charge in [-0.2, -0.15) is 0 Å². The minimum absolute atomic E-state index is 0.558. The van der Waals surface area contributed by atoms with Gasteiger partial charge in [-0.05, 0) is 48.9 Å². The van der Waals surface area contributed by atoms with Gasteiger partial charge in [-0.3, -0.25) is 0 Å². The predicted octanol–water partition coefficient (Wildman–Crippen LogP) is 3.32. The number of anilines is 1. The average Bonchev–Trinajstić information content (AvgIpc) is 1.99. The summed E-state index contributed by atoms with van der Waals surface area (Å²) >= 11 is 0. The molecule has 0 atom stereocenters. The van der Waals surface area contributed by atoms with Crippen LogP contribution in [-0.4, -0.2) is 0 Å². The van der Waals surface area contributed by atoms with Crippen LogP contribution in [0, 0.1) is 20.8 Å². The molecule has 0 fully saturated rings. The number of benzene rings is 1. The molecule has 0 bridgehead atoms. The fourth-order valence-electron chi connectivity index (χ4n) is 2.11. The Morgan fingerprint density at radius 2 is 1.62 bits per heavy atom. The van der Waals surface area contributed by atoms with Gasteiger partial charge in [0, 0.05) is 5.69 Å². The first-order valence-corrected chi connectivity index (χ1v) is 4.81. The van der Waals surface area contributed by atoms with Crippen molar-refractivity contribution < 1.29 is 0 Å². The molecular weight excluding hydrogens is 158 g/mol. The van der Waals surface area contributed by atoms with E-state index in [0.29, 0.717) is 5.92 Å². The third kappa shape index (κ3) is 1.69. The molecule has 0 amide bonds. The van der Waals surface area contributed by atoms with Gasteiger partial charge >= 0.3 is 0 Å². The topological polar surface area (TPSA) is 26.0 Å². The van der Waals surface area contributed by atoms with Crippen LogP contribution >= 0.6 is 0 Å². The molecule has 0 unspecified atom stereocenters. The maximum Gasteiger partial charge on any atom is 0.0376 e. The minimum atomic E-state index is 0.558. The number of hydrogen-bond acceptors (Lipinski definition) is 1.